The SMILES string of the molecule is CC(CCO)CNC(=O)C(C)c1ccc(Br)cc1. The predicted octanol–water partition coefficient (Wildman–Crippen LogP) is 2.69. The van der Waals surface area contributed by atoms with E-state index in [-0.39, 0.29) is 18.4 Å². The van der Waals surface area contributed by atoms with Crippen molar-refractivity contribution in [3.8, 4) is 0 Å². The van der Waals surface area contributed by atoms with Gasteiger partial charge in [-0.05, 0) is 37.0 Å². The minimum Gasteiger partial charge on any atom is -0.396 e. The normalized spacial score (nSPS) is 14.0. The molecule has 2 unspecified atom stereocenters. The van der Waals surface area contributed by atoms with Crippen LogP contribution in [0.25, 0.3) is 0 Å². The van der Waals surface area contributed by atoms with E-state index in [9.17, 15) is 4.79 Å². The van der Waals surface area contributed by atoms with Gasteiger partial charge < -0.3 is 10.4 Å². The van der Waals surface area contributed by atoms with Crippen LogP contribution in [0, 0.1) is 5.92 Å². The quantitative estimate of drug-likeness (QED) is 0.848. The Bertz CT molecular complexity index is 378. The Labute approximate surface area is 117 Å². The van der Waals surface area contributed by atoms with E-state index in [1.165, 1.54) is 0 Å². The van der Waals surface area contributed by atoms with Crippen LogP contribution in [-0.4, -0.2) is 24.2 Å². The van der Waals surface area contributed by atoms with Gasteiger partial charge in [-0.25, -0.2) is 0 Å². The summed E-state index contributed by atoms with van der Waals surface area (Å²) in [6.45, 7) is 4.69. The van der Waals surface area contributed by atoms with Gasteiger partial charge in [0.25, 0.3) is 0 Å². The van der Waals surface area contributed by atoms with E-state index >= 15 is 0 Å². The second-order valence-electron chi connectivity index (χ2n) is 4.64. The highest BCUT2D eigenvalue weighted by atomic mass is 79.9. The van der Waals surface area contributed by atoms with E-state index < -0.39 is 0 Å². The smallest absolute Gasteiger partial charge is 0.227 e. The summed E-state index contributed by atoms with van der Waals surface area (Å²) in [5, 5.41) is 11.7. The van der Waals surface area contributed by atoms with Crippen molar-refractivity contribution in [1.82, 2.24) is 5.32 Å². The lowest BCUT2D eigenvalue weighted by atomic mass is 10.00. The number of benzene rings is 1. The molecule has 0 aliphatic heterocycles. The monoisotopic (exact) mass is 313 g/mol. The molecule has 0 aromatic heterocycles. The van der Waals surface area contributed by atoms with Gasteiger partial charge in [0.15, 0.2) is 0 Å². The van der Waals surface area contributed by atoms with Crippen molar-refractivity contribution in [2.75, 3.05) is 13.2 Å². The van der Waals surface area contributed by atoms with E-state index in [2.05, 4.69) is 21.2 Å². The first-order valence-corrected chi connectivity index (χ1v) is 6.98. The zero-order valence-electron chi connectivity index (χ0n) is 10.8. The van der Waals surface area contributed by atoms with Crippen molar-refractivity contribution in [3.05, 3.63) is 34.3 Å². The third-order valence-corrected chi connectivity index (χ3v) is 3.54. The van der Waals surface area contributed by atoms with Crippen molar-refractivity contribution < 1.29 is 9.90 Å². The molecule has 0 spiro atoms. The molecule has 1 amide bonds. The molecule has 4 heteroatoms. The third-order valence-electron chi connectivity index (χ3n) is 3.01. The average Bonchev–Trinajstić information content (AvgIpc) is 2.36. The molecule has 2 N–H and O–H groups in total. The lowest BCUT2D eigenvalue weighted by Crippen LogP contribution is -2.32. The molecule has 0 aliphatic carbocycles. The number of hydrogen-bond acceptors (Lipinski definition) is 2. The predicted molar refractivity (Wildman–Crippen MR) is 76.4 cm³/mol. The van der Waals surface area contributed by atoms with Crippen LogP contribution in [0.3, 0.4) is 0 Å². The maximum absolute atomic E-state index is 12.0. The van der Waals surface area contributed by atoms with Crippen LogP contribution in [0.2, 0.25) is 0 Å². The van der Waals surface area contributed by atoms with Gasteiger partial charge in [0, 0.05) is 17.6 Å². The maximum atomic E-state index is 12.0. The Morgan fingerprint density at radius 3 is 2.50 bits per heavy atom. The topological polar surface area (TPSA) is 49.3 Å². The lowest BCUT2D eigenvalue weighted by Gasteiger charge is -2.15. The van der Waals surface area contributed by atoms with Gasteiger partial charge in [-0.2, -0.15) is 0 Å². The molecule has 1 rings (SSSR count). The van der Waals surface area contributed by atoms with Gasteiger partial charge in [-0.3, -0.25) is 4.79 Å². The van der Waals surface area contributed by atoms with Crippen LogP contribution < -0.4 is 5.32 Å². The summed E-state index contributed by atoms with van der Waals surface area (Å²) in [7, 11) is 0. The van der Waals surface area contributed by atoms with E-state index in [1.54, 1.807) is 0 Å². The Balaban J connectivity index is 2.48. The summed E-state index contributed by atoms with van der Waals surface area (Å²) in [6, 6.07) is 7.78. The summed E-state index contributed by atoms with van der Waals surface area (Å²) < 4.78 is 1.01. The minimum absolute atomic E-state index is 0.0297. The Hall–Kier alpha value is -0.870. The van der Waals surface area contributed by atoms with Crippen molar-refractivity contribution in [3.63, 3.8) is 0 Å². The van der Waals surface area contributed by atoms with E-state index in [1.807, 2.05) is 38.1 Å². The first-order valence-electron chi connectivity index (χ1n) is 6.18. The molecular formula is C14H20BrNO2. The highest BCUT2D eigenvalue weighted by molar-refractivity contribution is 9.10. The number of carbonyl (C=O) groups excluding carboxylic acids is 1. The van der Waals surface area contributed by atoms with Crippen molar-refractivity contribution in [2.24, 2.45) is 5.92 Å². The third kappa shape index (κ3) is 4.78. The van der Waals surface area contributed by atoms with Crippen LogP contribution in [0.1, 0.15) is 31.7 Å². The van der Waals surface area contributed by atoms with Gasteiger partial charge in [0.1, 0.15) is 0 Å². The summed E-state index contributed by atoms with van der Waals surface area (Å²) in [4.78, 5) is 12.0. The summed E-state index contributed by atoms with van der Waals surface area (Å²) in [5.41, 5.74) is 1.01. The minimum atomic E-state index is -0.153. The molecule has 1 aromatic rings. The second-order valence-corrected chi connectivity index (χ2v) is 5.55. The van der Waals surface area contributed by atoms with Gasteiger partial charge in [-0.1, -0.05) is 35.0 Å². The van der Waals surface area contributed by atoms with Gasteiger partial charge in [-0.15, -0.1) is 0 Å². The number of amides is 1. The fraction of sp³-hybridized carbons (Fsp3) is 0.500. The van der Waals surface area contributed by atoms with E-state index in [0.717, 1.165) is 10.0 Å². The van der Waals surface area contributed by atoms with Crippen LogP contribution in [0.4, 0.5) is 0 Å². The number of aliphatic hydroxyl groups is 1. The van der Waals surface area contributed by atoms with Gasteiger partial charge in [0.2, 0.25) is 5.91 Å². The van der Waals surface area contributed by atoms with Crippen LogP contribution in [0.15, 0.2) is 28.7 Å². The standard InChI is InChI=1S/C14H20BrNO2/c1-10(7-8-17)9-16-14(18)11(2)12-3-5-13(15)6-4-12/h3-6,10-11,17H,7-9H2,1-2H3,(H,16,18). The number of hydrogen-bond donors (Lipinski definition) is 2. The summed E-state index contributed by atoms with van der Waals surface area (Å²) in [5.74, 6) is 0.178. The zero-order valence-corrected chi connectivity index (χ0v) is 12.4. The fourth-order valence-electron chi connectivity index (χ4n) is 1.65. The molecule has 3 nitrogen and oxygen atoms in total. The number of halogens is 1. The highest BCUT2D eigenvalue weighted by Crippen LogP contribution is 2.18. The molecule has 0 fully saturated rings. The van der Waals surface area contributed by atoms with E-state index in [0.29, 0.717) is 18.9 Å². The summed E-state index contributed by atoms with van der Waals surface area (Å²) in [6.07, 6.45) is 0.715. The number of rotatable bonds is 6. The number of carbonyl (C=O) groups is 1. The zero-order chi connectivity index (χ0) is 13.5. The molecule has 0 saturated carbocycles. The molecule has 0 radical (unpaired) electrons. The molecule has 0 saturated heterocycles. The molecule has 1 aromatic carbocycles. The molecule has 2 atom stereocenters. The molecule has 0 aliphatic rings. The van der Waals surface area contributed by atoms with Crippen LogP contribution >= 0.6 is 15.9 Å². The first-order chi connectivity index (χ1) is 8.54. The largest absolute Gasteiger partial charge is 0.396 e. The Morgan fingerprint density at radius 1 is 1.33 bits per heavy atom. The molecular weight excluding hydrogens is 294 g/mol. The number of aliphatic hydroxyl groups excluding tert-OH is 1. The Kier molecular flexibility index (Phi) is 6.36. The molecule has 100 valence electrons. The Morgan fingerprint density at radius 2 is 1.94 bits per heavy atom. The van der Waals surface area contributed by atoms with Crippen LogP contribution in [-0.2, 0) is 4.79 Å². The molecule has 18 heavy (non-hydrogen) atoms. The van der Waals surface area contributed by atoms with Gasteiger partial charge >= 0.3 is 0 Å². The van der Waals surface area contributed by atoms with Crippen molar-refractivity contribution in [2.45, 2.75) is 26.2 Å². The fourth-order valence-corrected chi connectivity index (χ4v) is 1.92. The lowest BCUT2D eigenvalue weighted by molar-refractivity contribution is -0.122. The molecule has 0 heterocycles. The van der Waals surface area contributed by atoms with Crippen LogP contribution in [0.5, 0.6) is 0 Å². The highest BCUT2D eigenvalue weighted by Gasteiger charge is 2.15. The van der Waals surface area contributed by atoms with Crippen molar-refractivity contribution >= 4 is 21.8 Å². The average molecular weight is 314 g/mol. The first kappa shape index (κ1) is 15.2. The second kappa shape index (κ2) is 7.54. The van der Waals surface area contributed by atoms with Crippen molar-refractivity contribution in [1.29, 1.82) is 0 Å². The maximum Gasteiger partial charge on any atom is 0.227 e. The summed E-state index contributed by atoms with van der Waals surface area (Å²) >= 11 is 3.37. The number of nitrogens with one attached hydrogen (secondary N) is 1. The molecule has 0 bridgehead atoms. The van der Waals surface area contributed by atoms with E-state index in [4.69, 9.17) is 5.11 Å². The van der Waals surface area contributed by atoms with Gasteiger partial charge in [0.05, 0.1) is 5.92 Å².